The lowest BCUT2D eigenvalue weighted by atomic mass is 10.0. The van der Waals surface area contributed by atoms with Crippen molar-refractivity contribution in [1.29, 1.82) is 0 Å². The molecule has 2 amide bonds. The molecule has 2 aromatic heterocycles. The summed E-state index contributed by atoms with van der Waals surface area (Å²) < 4.78 is 17.8. The third-order valence-corrected chi connectivity index (χ3v) is 4.27. The van der Waals surface area contributed by atoms with Gasteiger partial charge in [0.15, 0.2) is 5.76 Å². The van der Waals surface area contributed by atoms with Gasteiger partial charge in [0.1, 0.15) is 5.69 Å². The van der Waals surface area contributed by atoms with Gasteiger partial charge in [-0.1, -0.05) is 12.8 Å². The van der Waals surface area contributed by atoms with Crippen molar-refractivity contribution in [2.45, 2.75) is 38.6 Å². The maximum absolute atomic E-state index is 13.0. The van der Waals surface area contributed by atoms with Crippen LogP contribution in [-0.4, -0.2) is 46.0 Å². The number of furan rings is 1. The van der Waals surface area contributed by atoms with Crippen LogP contribution in [0, 0.1) is 12.9 Å². The minimum Gasteiger partial charge on any atom is -0.426 e. The number of aryl methyl sites for hydroxylation is 1. The van der Waals surface area contributed by atoms with Gasteiger partial charge < -0.3 is 14.6 Å². The molecule has 3 heterocycles. The first kappa shape index (κ1) is 17.2. The van der Waals surface area contributed by atoms with E-state index >= 15 is 0 Å². The number of rotatable bonds is 3. The summed E-state index contributed by atoms with van der Waals surface area (Å²) in [6.45, 7) is 2.73. The number of hydrogen-bond acceptors (Lipinski definition) is 4. The molecule has 1 aliphatic rings. The molecule has 0 radical (unpaired) electrons. The van der Waals surface area contributed by atoms with Crippen LogP contribution in [0.5, 0.6) is 0 Å². The number of H-pyrrole nitrogens is 1. The monoisotopic (exact) mass is 348 g/mol. The standard InChI is InChI=1S/C17H21FN4O3/c1-11-9-13(21-20-11)16(23)19-12-5-3-2-4-8-22(10-12)17(24)14-6-7-15(18)25-14/h6-7,9,12H,2-5,8,10H2,1H3,(H,19,23)(H,20,21). The Morgan fingerprint density at radius 2 is 2.20 bits per heavy atom. The zero-order valence-electron chi connectivity index (χ0n) is 14.0. The minimum absolute atomic E-state index is 0.0222. The SMILES string of the molecule is Cc1cc(C(=O)NC2CCCCCN(C(=O)c3ccc(F)o3)C2)n[nH]1. The van der Waals surface area contributed by atoms with Gasteiger partial charge >= 0.3 is 0 Å². The second-order valence-corrected chi connectivity index (χ2v) is 6.31. The number of aromatic amines is 1. The maximum atomic E-state index is 13.0. The summed E-state index contributed by atoms with van der Waals surface area (Å²) in [5.41, 5.74) is 1.13. The van der Waals surface area contributed by atoms with Crippen LogP contribution in [0.1, 0.15) is 52.4 Å². The summed E-state index contributed by atoms with van der Waals surface area (Å²) in [7, 11) is 0. The van der Waals surface area contributed by atoms with Crippen molar-refractivity contribution in [3.05, 3.63) is 41.4 Å². The van der Waals surface area contributed by atoms with E-state index in [-0.39, 0.29) is 23.6 Å². The molecule has 134 valence electrons. The predicted octanol–water partition coefficient (Wildman–Crippen LogP) is 2.27. The highest BCUT2D eigenvalue weighted by atomic mass is 19.1. The van der Waals surface area contributed by atoms with E-state index < -0.39 is 6.01 Å². The normalized spacial score (nSPS) is 18.5. The summed E-state index contributed by atoms with van der Waals surface area (Å²) >= 11 is 0. The lowest BCUT2D eigenvalue weighted by molar-refractivity contribution is 0.0668. The van der Waals surface area contributed by atoms with Crippen LogP contribution in [0.15, 0.2) is 22.6 Å². The Bertz CT molecular complexity index is 755. The molecule has 8 heteroatoms. The highest BCUT2D eigenvalue weighted by Gasteiger charge is 2.25. The summed E-state index contributed by atoms with van der Waals surface area (Å²) in [5, 5.41) is 9.63. The summed E-state index contributed by atoms with van der Waals surface area (Å²) in [5.74, 6) is -0.655. The Labute approximate surface area is 144 Å². The summed E-state index contributed by atoms with van der Waals surface area (Å²) in [4.78, 5) is 26.4. The molecule has 3 rings (SSSR count). The number of nitrogens with one attached hydrogen (secondary N) is 2. The number of carbonyl (C=O) groups excluding carboxylic acids is 2. The third-order valence-electron chi connectivity index (χ3n) is 4.27. The highest BCUT2D eigenvalue weighted by Crippen LogP contribution is 2.16. The van der Waals surface area contributed by atoms with E-state index in [4.69, 9.17) is 4.42 Å². The molecule has 1 saturated heterocycles. The molecule has 2 N–H and O–H groups in total. The number of carbonyl (C=O) groups is 2. The van der Waals surface area contributed by atoms with E-state index in [2.05, 4.69) is 15.5 Å². The van der Waals surface area contributed by atoms with Gasteiger partial charge in [0.2, 0.25) is 0 Å². The van der Waals surface area contributed by atoms with Crippen molar-refractivity contribution >= 4 is 11.8 Å². The molecule has 2 aromatic rings. The minimum atomic E-state index is -0.783. The van der Waals surface area contributed by atoms with Crippen molar-refractivity contribution < 1.29 is 18.4 Å². The van der Waals surface area contributed by atoms with Gasteiger partial charge in [-0.3, -0.25) is 14.7 Å². The molecule has 25 heavy (non-hydrogen) atoms. The molecular weight excluding hydrogens is 327 g/mol. The smallest absolute Gasteiger partial charge is 0.289 e. The van der Waals surface area contributed by atoms with Crippen molar-refractivity contribution in [1.82, 2.24) is 20.4 Å². The van der Waals surface area contributed by atoms with Gasteiger partial charge in [0.05, 0.1) is 0 Å². The topological polar surface area (TPSA) is 91.2 Å². The van der Waals surface area contributed by atoms with Crippen molar-refractivity contribution in [3.8, 4) is 0 Å². The summed E-state index contributed by atoms with van der Waals surface area (Å²) in [6, 6.07) is 3.16. The molecule has 1 aliphatic heterocycles. The van der Waals surface area contributed by atoms with E-state index in [1.165, 1.54) is 6.07 Å². The molecule has 1 atom stereocenters. The van der Waals surface area contributed by atoms with E-state index in [1.54, 1.807) is 11.0 Å². The molecule has 1 unspecified atom stereocenters. The molecule has 0 saturated carbocycles. The first-order valence-electron chi connectivity index (χ1n) is 8.40. The average molecular weight is 348 g/mol. The van der Waals surface area contributed by atoms with Crippen LogP contribution in [0.25, 0.3) is 0 Å². The number of nitrogens with zero attached hydrogens (tertiary/aromatic N) is 2. The lowest BCUT2D eigenvalue weighted by Gasteiger charge is -2.30. The predicted molar refractivity (Wildman–Crippen MR) is 87.6 cm³/mol. The van der Waals surface area contributed by atoms with E-state index in [9.17, 15) is 14.0 Å². The number of aromatic nitrogens is 2. The van der Waals surface area contributed by atoms with Gasteiger partial charge in [-0.15, -0.1) is 0 Å². The molecule has 0 spiro atoms. The molecule has 1 fully saturated rings. The quantitative estimate of drug-likeness (QED) is 0.890. The Morgan fingerprint density at radius 1 is 1.36 bits per heavy atom. The van der Waals surface area contributed by atoms with Gasteiger partial charge in [0, 0.05) is 30.9 Å². The number of hydrogen-bond donors (Lipinski definition) is 2. The second kappa shape index (κ2) is 7.50. The number of amides is 2. The second-order valence-electron chi connectivity index (χ2n) is 6.31. The number of halogens is 1. The highest BCUT2D eigenvalue weighted by molar-refractivity contribution is 5.93. The zero-order valence-corrected chi connectivity index (χ0v) is 14.0. The van der Waals surface area contributed by atoms with Crippen LogP contribution < -0.4 is 5.32 Å². The first-order valence-corrected chi connectivity index (χ1v) is 8.40. The van der Waals surface area contributed by atoms with E-state index in [0.717, 1.165) is 37.4 Å². The number of likely N-dealkylation sites (tertiary alicyclic amines) is 1. The fraction of sp³-hybridized carbons (Fsp3) is 0.471. The fourth-order valence-corrected chi connectivity index (χ4v) is 3.00. The zero-order chi connectivity index (χ0) is 17.8. The van der Waals surface area contributed by atoms with Crippen LogP contribution in [0.3, 0.4) is 0 Å². The van der Waals surface area contributed by atoms with Crippen molar-refractivity contribution in [2.75, 3.05) is 13.1 Å². The lowest BCUT2D eigenvalue weighted by Crippen LogP contribution is -2.47. The fourth-order valence-electron chi connectivity index (χ4n) is 3.00. The molecular formula is C17H21FN4O3. The van der Waals surface area contributed by atoms with Crippen LogP contribution in [0.4, 0.5) is 4.39 Å². The van der Waals surface area contributed by atoms with Crippen LogP contribution >= 0.6 is 0 Å². The van der Waals surface area contributed by atoms with E-state index in [0.29, 0.717) is 18.8 Å². The van der Waals surface area contributed by atoms with Gasteiger partial charge in [-0.2, -0.15) is 9.49 Å². The van der Waals surface area contributed by atoms with Crippen LogP contribution in [0.2, 0.25) is 0 Å². The maximum Gasteiger partial charge on any atom is 0.289 e. The molecule has 0 aliphatic carbocycles. The van der Waals surface area contributed by atoms with Gasteiger partial charge in [-0.05, 0) is 31.9 Å². The Morgan fingerprint density at radius 3 is 2.88 bits per heavy atom. The first-order chi connectivity index (χ1) is 12.0. The van der Waals surface area contributed by atoms with Gasteiger partial charge in [-0.25, -0.2) is 0 Å². The molecule has 0 bridgehead atoms. The van der Waals surface area contributed by atoms with Gasteiger partial charge in [0.25, 0.3) is 17.8 Å². The molecule has 0 aromatic carbocycles. The van der Waals surface area contributed by atoms with Crippen LogP contribution in [-0.2, 0) is 0 Å². The Hall–Kier alpha value is -2.64. The average Bonchev–Trinajstić information content (AvgIpc) is 3.17. The Balaban J connectivity index is 1.68. The largest absolute Gasteiger partial charge is 0.426 e. The van der Waals surface area contributed by atoms with E-state index in [1.807, 2.05) is 6.92 Å². The summed E-state index contributed by atoms with van der Waals surface area (Å²) in [6.07, 6.45) is 3.58. The Kier molecular flexibility index (Phi) is 5.16. The third kappa shape index (κ3) is 4.26. The molecule has 7 nitrogen and oxygen atoms in total. The van der Waals surface area contributed by atoms with Crippen molar-refractivity contribution in [2.24, 2.45) is 0 Å². The van der Waals surface area contributed by atoms with Crippen molar-refractivity contribution in [3.63, 3.8) is 0 Å².